The normalized spacial score (nSPS) is 14.7. The molecule has 0 spiro atoms. The van der Waals surface area contributed by atoms with Crippen molar-refractivity contribution in [2.45, 2.75) is 20.0 Å². The van der Waals surface area contributed by atoms with E-state index in [1.165, 1.54) is 17.0 Å². The van der Waals surface area contributed by atoms with E-state index in [1.807, 2.05) is 6.92 Å². The van der Waals surface area contributed by atoms with E-state index in [2.05, 4.69) is 0 Å². The Morgan fingerprint density at radius 1 is 1.09 bits per heavy atom. The van der Waals surface area contributed by atoms with Gasteiger partial charge in [-0.2, -0.15) is 0 Å². The highest BCUT2D eigenvalue weighted by atomic mass is 32.2. The van der Waals surface area contributed by atoms with Gasteiger partial charge in [-0.1, -0.05) is 6.07 Å². The van der Waals surface area contributed by atoms with Crippen LogP contribution in [0.4, 0.5) is 10.5 Å². The van der Waals surface area contributed by atoms with Crippen molar-refractivity contribution in [2.75, 3.05) is 26.9 Å². The van der Waals surface area contributed by atoms with E-state index in [0.29, 0.717) is 48.1 Å². The Bertz CT molecular complexity index is 1050. The Hall–Kier alpha value is -3.37. The average molecular weight is 473 g/mol. The molecule has 0 unspecified atom stereocenters. The van der Waals surface area contributed by atoms with Crippen molar-refractivity contribution in [1.29, 1.82) is 0 Å². The molecule has 9 nitrogen and oxygen atoms in total. The van der Waals surface area contributed by atoms with Gasteiger partial charge in [0.05, 0.1) is 16.4 Å². The molecule has 10 heteroatoms. The van der Waals surface area contributed by atoms with Gasteiger partial charge in [-0.25, -0.2) is 0 Å². The number of carbonyl (C=O) groups excluding carboxylic acids is 2. The summed E-state index contributed by atoms with van der Waals surface area (Å²) in [7, 11) is 1.57. The van der Waals surface area contributed by atoms with E-state index in [-0.39, 0.29) is 23.4 Å². The van der Waals surface area contributed by atoms with Crippen LogP contribution in [-0.4, -0.2) is 47.8 Å². The molecule has 0 aromatic heterocycles. The molecule has 1 aliphatic rings. The first-order valence-electron chi connectivity index (χ1n) is 10.3. The molecule has 0 atom stereocenters. The van der Waals surface area contributed by atoms with Crippen molar-refractivity contribution in [2.24, 2.45) is 0 Å². The molecule has 0 radical (unpaired) electrons. The fourth-order valence-electron chi connectivity index (χ4n) is 3.09. The number of imide groups is 1. The summed E-state index contributed by atoms with van der Waals surface area (Å²) in [6.45, 7) is 3.25. The monoisotopic (exact) mass is 472 g/mol. The Labute approximate surface area is 195 Å². The molecule has 2 amide bonds. The van der Waals surface area contributed by atoms with Crippen LogP contribution in [0.1, 0.15) is 24.5 Å². The van der Waals surface area contributed by atoms with Crippen LogP contribution in [-0.2, 0) is 16.1 Å². The number of non-ortho nitro benzene ring substituents is 1. The van der Waals surface area contributed by atoms with Crippen molar-refractivity contribution in [3.63, 3.8) is 0 Å². The Morgan fingerprint density at radius 3 is 2.52 bits per heavy atom. The Morgan fingerprint density at radius 2 is 1.85 bits per heavy atom. The third-order valence-electron chi connectivity index (χ3n) is 4.71. The van der Waals surface area contributed by atoms with Gasteiger partial charge in [0, 0.05) is 32.4 Å². The maximum atomic E-state index is 12.6. The van der Waals surface area contributed by atoms with E-state index in [9.17, 15) is 19.7 Å². The first kappa shape index (κ1) is 24.3. The van der Waals surface area contributed by atoms with Crippen LogP contribution in [0, 0.1) is 10.1 Å². The standard InChI is InChI=1S/C23H24N2O7S/c1-3-31-20-13-17(14-21-22(26)24(23(27)33-21)11-4-12-30-2)7-10-19(20)32-15-16-5-8-18(9-6-16)25(28)29/h5-10,13-14H,3-4,11-12,15H2,1-2H3/b21-14+. The van der Waals surface area contributed by atoms with Crippen LogP contribution in [0.25, 0.3) is 6.08 Å². The first-order valence-corrected chi connectivity index (χ1v) is 11.1. The van der Waals surface area contributed by atoms with Gasteiger partial charge in [0.1, 0.15) is 6.61 Å². The molecular weight excluding hydrogens is 448 g/mol. The van der Waals surface area contributed by atoms with Gasteiger partial charge in [-0.3, -0.25) is 24.6 Å². The number of thioether (sulfide) groups is 1. The van der Waals surface area contributed by atoms with E-state index in [1.54, 1.807) is 43.5 Å². The Kier molecular flexibility index (Phi) is 8.45. The van der Waals surface area contributed by atoms with Crippen molar-refractivity contribution in [3.05, 3.63) is 68.6 Å². The molecule has 1 aliphatic heterocycles. The number of ether oxygens (including phenoxy) is 3. The fraction of sp³-hybridized carbons (Fsp3) is 0.304. The van der Waals surface area contributed by atoms with E-state index in [0.717, 1.165) is 17.3 Å². The quantitative estimate of drug-likeness (QED) is 0.201. The second-order valence-electron chi connectivity index (χ2n) is 7.03. The second kappa shape index (κ2) is 11.5. The van der Waals surface area contributed by atoms with Crippen LogP contribution >= 0.6 is 11.8 Å². The first-order chi connectivity index (χ1) is 15.9. The summed E-state index contributed by atoms with van der Waals surface area (Å²) < 4.78 is 16.5. The van der Waals surface area contributed by atoms with E-state index < -0.39 is 4.92 Å². The van der Waals surface area contributed by atoms with Gasteiger partial charge in [0.25, 0.3) is 16.8 Å². The summed E-state index contributed by atoms with van der Waals surface area (Å²) in [6.07, 6.45) is 2.24. The summed E-state index contributed by atoms with van der Waals surface area (Å²) in [6, 6.07) is 11.4. The molecule has 1 fully saturated rings. The smallest absolute Gasteiger partial charge is 0.293 e. The summed E-state index contributed by atoms with van der Waals surface area (Å²) in [5.41, 5.74) is 1.49. The van der Waals surface area contributed by atoms with Gasteiger partial charge >= 0.3 is 0 Å². The average Bonchev–Trinajstić information content (AvgIpc) is 3.06. The minimum Gasteiger partial charge on any atom is -0.490 e. The third-order valence-corrected chi connectivity index (χ3v) is 5.62. The number of benzene rings is 2. The van der Waals surface area contributed by atoms with Crippen LogP contribution in [0.5, 0.6) is 11.5 Å². The summed E-state index contributed by atoms with van der Waals surface area (Å²) >= 11 is 0.906. The van der Waals surface area contributed by atoms with Gasteiger partial charge < -0.3 is 14.2 Å². The molecular formula is C23H24N2O7S. The second-order valence-corrected chi connectivity index (χ2v) is 8.02. The number of methoxy groups -OCH3 is 1. The zero-order valence-corrected chi connectivity index (χ0v) is 19.1. The zero-order valence-electron chi connectivity index (χ0n) is 18.3. The fourth-order valence-corrected chi connectivity index (χ4v) is 3.95. The highest BCUT2D eigenvalue weighted by Gasteiger charge is 2.34. The molecule has 174 valence electrons. The number of nitro groups is 1. The number of rotatable bonds is 11. The molecule has 0 N–H and O–H groups in total. The third kappa shape index (κ3) is 6.33. The van der Waals surface area contributed by atoms with Gasteiger partial charge in [0.2, 0.25) is 0 Å². The maximum Gasteiger partial charge on any atom is 0.293 e. The lowest BCUT2D eigenvalue weighted by molar-refractivity contribution is -0.384. The topological polar surface area (TPSA) is 108 Å². The molecule has 33 heavy (non-hydrogen) atoms. The van der Waals surface area contributed by atoms with Crippen molar-refractivity contribution >= 4 is 34.7 Å². The molecule has 0 saturated carbocycles. The Balaban J connectivity index is 1.72. The SMILES string of the molecule is CCOc1cc(/C=C2/SC(=O)N(CCCOC)C2=O)ccc1OCc1ccc([N+](=O)[O-])cc1. The number of nitrogens with zero attached hydrogens (tertiary/aromatic N) is 2. The number of amides is 2. The molecule has 0 aliphatic carbocycles. The molecule has 2 aromatic rings. The highest BCUT2D eigenvalue weighted by Crippen LogP contribution is 2.35. The molecule has 1 heterocycles. The molecule has 2 aromatic carbocycles. The predicted octanol–water partition coefficient (Wildman–Crippen LogP) is 4.65. The minimum atomic E-state index is -0.454. The minimum absolute atomic E-state index is 0.0150. The predicted molar refractivity (Wildman–Crippen MR) is 124 cm³/mol. The lowest BCUT2D eigenvalue weighted by Gasteiger charge is -2.13. The lowest BCUT2D eigenvalue weighted by Crippen LogP contribution is -2.29. The lowest BCUT2D eigenvalue weighted by atomic mass is 10.1. The van der Waals surface area contributed by atoms with Gasteiger partial charge in [-0.05, 0) is 66.6 Å². The van der Waals surface area contributed by atoms with Gasteiger partial charge in [0.15, 0.2) is 11.5 Å². The summed E-state index contributed by atoms with van der Waals surface area (Å²) in [4.78, 5) is 36.7. The molecule has 1 saturated heterocycles. The van der Waals surface area contributed by atoms with Crippen LogP contribution < -0.4 is 9.47 Å². The summed E-state index contributed by atoms with van der Waals surface area (Å²) in [5.74, 6) is 0.671. The van der Waals surface area contributed by atoms with E-state index in [4.69, 9.17) is 14.2 Å². The largest absolute Gasteiger partial charge is 0.490 e. The number of carbonyl (C=O) groups is 2. The zero-order chi connectivity index (χ0) is 23.8. The molecule has 3 rings (SSSR count). The van der Waals surface area contributed by atoms with Crippen molar-refractivity contribution in [1.82, 2.24) is 4.90 Å². The van der Waals surface area contributed by atoms with Crippen LogP contribution in [0.3, 0.4) is 0 Å². The van der Waals surface area contributed by atoms with Gasteiger partial charge in [-0.15, -0.1) is 0 Å². The maximum absolute atomic E-state index is 12.6. The van der Waals surface area contributed by atoms with Crippen molar-refractivity contribution < 1.29 is 28.7 Å². The number of nitro benzene ring substituents is 1. The number of hydrogen-bond acceptors (Lipinski definition) is 8. The summed E-state index contributed by atoms with van der Waals surface area (Å²) in [5, 5.41) is 10.5. The van der Waals surface area contributed by atoms with Crippen LogP contribution in [0.2, 0.25) is 0 Å². The van der Waals surface area contributed by atoms with Crippen LogP contribution in [0.15, 0.2) is 47.4 Å². The van der Waals surface area contributed by atoms with Crippen molar-refractivity contribution in [3.8, 4) is 11.5 Å². The van der Waals surface area contributed by atoms with E-state index >= 15 is 0 Å². The molecule has 0 bridgehead atoms. The highest BCUT2D eigenvalue weighted by molar-refractivity contribution is 8.18. The number of hydrogen-bond donors (Lipinski definition) is 0.